The third-order valence-electron chi connectivity index (χ3n) is 3.70. The molecule has 2 rings (SSSR count). The molecule has 21 heavy (non-hydrogen) atoms. The fraction of sp³-hybridized carbons (Fsp3) is 0.467. The van der Waals surface area contributed by atoms with E-state index in [1.807, 2.05) is 0 Å². The molecule has 1 heterocycles. The summed E-state index contributed by atoms with van der Waals surface area (Å²) < 4.78 is 5.00. The average Bonchev–Trinajstić information content (AvgIpc) is 2.50. The number of esters is 1. The van der Waals surface area contributed by atoms with Crippen LogP contribution in [0.3, 0.4) is 0 Å². The Morgan fingerprint density at radius 1 is 1.38 bits per heavy atom. The van der Waals surface area contributed by atoms with Crippen molar-refractivity contribution in [1.29, 1.82) is 0 Å². The first-order chi connectivity index (χ1) is 10.0. The third kappa shape index (κ3) is 3.26. The van der Waals surface area contributed by atoms with Crippen LogP contribution in [0.1, 0.15) is 30.1 Å². The van der Waals surface area contributed by atoms with Crippen LogP contribution in [0.15, 0.2) is 18.2 Å². The number of hydrogen-bond acceptors (Lipinski definition) is 5. The lowest BCUT2D eigenvalue weighted by Crippen LogP contribution is -2.40. The largest absolute Gasteiger partial charge is 0.505 e. The number of benzene rings is 1. The van der Waals surface area contributed by atoms with Gasteiger partial charge in [-0.1, -0.05) is 6.07 Å². The number of aromatic hydroxyl groups is 1. The molecular weight excluding hydrogens is 272 g/mol. The van der Waals surface area contributed by atoms with E-state index in [1.54, 1.807) is 30.0 Å². The summed E-state index contributed by atoms with van der Waals surface area (Å²) in [5, 5.41) is 9.86. The van der Waals surface area contributed by atoms with Gasteiger partial charge in [0.2, 0.25) is 0 Å². The van der Waals surface area contributed by atoms with Gasteiger partial charge in [0.05, 0.1) is 23.8 Å². The van der Waals surface area contributed by atoms with Crippen LogP contribution >= 0.6 is 0 Å². The number of rotatable bonds is 3. The van der Waals surface area contributed by atoms with E-state index in [4.69, 9.17) is 10.5 Å². The Labute approximate surface area is 123 Å². The molecule has 1 saturated heterocycles. The highest BCUT2D eigenvalue weighted by Gasteiger charge is 2.29. The van der Waals surface area contributed by atoms with Crippen LogP contribution in [0, 0.1) is 5.92 Å². The topological polar surface area (TPSA) is 92.9 Å². The molecule has 1 aliphatic rings. The highest BCUT2D eigenvalue weighted by atomic mass is 16.5. The van der Waals surface area contributed by atoms with Gasteiger partial charge in [-0.15, -0.1) is 0 Å². The molecule has 0 atom stereocenters. The molecule has 0 radical (unpaired) electrons. The molecular formula is C15H20N2O4. The van der Waals surface area contributed by atoms with Crippen LogP contribution in [-0.4, -0.2) is 41.6 Å². The number of piperidine rings is 1. The fourth-order valence-electron chi connectivity index (χ4n) is 2.48. The molecule has 1 aromatic rings. The van der Waals surface area contributed by atoms with E-state index in [1.165, 1.54) is 0 Å². The highest BCUT2D eigenvalue weighted by Crippen LogP contribution is 2.27. The van der Waals surface area contributed by atoms with Crippen LogP contribution in [0.5, 0.6) is 5.75 Å². The predicted octanol–water partition coefficient (Wildman–Crippen LogP) is 1.39. The third-order valence-corrected chi connectivity index (χ3v) is 3.70. The number of ether oxygens (including phenoxy) is 1. The number of phenolic OH excluding ortho intramolecular Hbond substituents is 1. The normalized spacial score (nSPS) is 15.8. The molecule has 6 nitrogen and oxygen atoms in total. The van der Waals surface area contributed by atoms with Crippen molar-refractivity contribution in [2.75, 3.05) is 25.4 Å². The highest BCUT2D eigenvalue weighted by molar-refractivity contribution is 5.98. The Balaban J connectivity index is 2.00. The van der Waals surface area contributed by atoms with Crippen LogP contribution in [0.4, 0.5) is 5.69 Å². The molecule has 0 bridgehead atoms. The second kappa shape index (κ2) is 6.47. The van der Waals surface area contributed by atoms with Crippen molar-refractivity contribution in [2.24, 2.45) is 5.92 Å². The Morgan fingerprint density at radius 2 is 2.05 bits per heavy atom. The Morgan fingerprint density at radius 3 is 2.67 bits per heavy atom. The van der Waals surface area contributed by atoms with Gasteiger partial charge in [-0.3, -0.25) is 9.59 Å². The van der Waals surface area contributed by atoms with E-state index in [9.17, 15) is 14.7 Å². The summed E-state index contributed by atoms with van der Waals surface area (Å²) in [6, 6.07) is 4.72. The summed E-state index contributed by atoms with van der Waals surface area (Å²) in [5.74, 6) is -0.794. The SMILES string of the molecule is CCOC(=O)C1CCN(C(=O)c2cccc(N)c2O)CC1. The molecule has 1 aromatic carbocycles. The zero-order valence-corrected chi connectivity index (χ0v) is 12.0. The number of hydrogen-bond donors (Lipinski definition) is 2. The van der Waals surface area contributed by atoms with Gasteiger partial charge in [-0.2, -0.15) is 0 Å². The molecule has 3 N–H and O–H groups in total. The standard InChI is InChI=1S/C15H20N2O4/c1-2-21-15(20)10-6-8-17(9-7-10)14(19)11-4-3-5-12(16)13(11)18/h3-5,10,18H,2,6-9,16H2,1H3. The van der Waals surface area contributed by atoms with Crippen molar-refractivity contribution in [2.45, 2.75) is 19.8 Å². The second-order valence-corrected chi connectivity index (χ2v) is 5.06. The van der Waals surface area contributed by atoms with E-state index in [-0.39, 0.29) is 34.8 Å². The van der Waals surface area contributed by atoms with Crippen molar-refractivity contribution in [1.82, 2.24) is 4.90 Å². The molecule has 0 spiro atoms. The number of nitrogens with zero attached hydrogens (tertiary/aromatic N) is 1. The van der Waals surface area contributed by atoms with Gasteiger partial charge in [0.15, 0.2) is 5.75 Å². The second-order valence-electron chi connectivity index (χ2n) is 5.06. The van der Waals surface area contributed by atoms with E-state index in [0.29, 0.717) is 32.5 Å². The lowest BCUT2D eigenvalue weighted by atomic mass is 9.96. The molecule has 0 aliphatic carbocycles. The van der Waals surface area contributed by atoms with Gasteiger partial charge >= 0.3 is 5.97 Å². The number of carbonyl (C=O) groups excluding carboxylic acids is 2. The van der Waals surface area contributed by atoms with E-state index in [0.717, 1.165) is 0 Å². The molecule has 0 aromatic heterocycles. The number of likely N-dealkylation sites (tertiary alicyclic amines) is 1. The summed E-state index contributed by atoms with van der Waals surface area (Å²) in [6.45, 7) is 3.08. The molecule has 1 fully saturated rings. The first-order valence-electron chi connectivity index (χ1n) is 7.08. The minimum atomic E-state index is -0.262. The zero-order chi connectivity index (χ0) is 15.4. The Hall–Kier alpha value is -2.24. The van der Waals surface area contributed by atoms with E-state index >= 15 is 0 Å². The van der Waals surface area contributed by atoms with Crippen molar-refractivity contribution >= 4 is 17.6 Å². The number of carbonyl (C=O) groups is 2. The van der Waals surface area contributed by atoms with Gasteiger partial charge in [-0.05, 0) is 31.9 Å². The molecule has 1 aliphatic heterocycles. The van der Waals surface area contributed by atoms with Gasteiger partial charge in [0.25, 0.3) is 5.91 Å². The molecule has 114 valence electrons. The van der Waals surface area contributed by atoms with Crippen LogP contribution in [0.2, 0.25) is 0 Å². The summed E-state index contributed by atoms with van der Waals surface area (Å²) in [5.41, 5.74) is 5.98. The van der Waals surface area contributed by atoms with Crippen molar-refractivity contribution in [3.63, 3.8) is 0 Å². The summed E-state index contributed by atoms with van der Waals surface area (Å²) in [7, 11) is 0. The molecule has 6 heteroatoms. The van der Waals surface area contributed by atoms with Gasteiger partial charge in [0.1, 0.15) is 0 Å². The van der Waals surface area contributed by atoms with Crippen LogP contribution in [0.25, 0.3) is 0 Å². The Bertz CT molecular complexity index is 536. The first-order valence-corrected chi connectivity index (χ1v) is 7.08. The number of phenols is 1. The number of amides is 1. The monoisotopic (exact) mass is 292 g/mol. The maximum atomic E-state index is 12.4. The smallest absolute Gasteiger partial charge is 0.309 e. The zero-order valence-electron chi connectivity index (χ0n) is 12.0. The summed E-state index contributed by atoms with van der Waals surface area (Å²) >= 11 is 0. The summed E-state index contributed by atoms with van der Waals surface area (Å²) in [4.78, 5) is 25.7. The predicted molar refractivity (Wildman–Crippen MR) is 77.8 cm³/mol. The summed E-state index contributed by atoms with van der Waals surface area (Å²) in [6.07, 6.45) is 1.15. The van der Waals surface area contributed by atoms with Crippen LogP contribution in [-0.2, 0) is 9.53 Å². The minimum Gasteiger partial charge on any atom is -0.505 e. The van der Waals surface area contributed by atoms with Gasteiger partial charge in [0, 0.05) is 13.1 Å². The lowest BCUT2D eigenvalue weighted by Gasteiger charge is -2.31. The minimum absolute atomic E-state index is 0.150. The number of nitrogens with two attached hydrogens (primary N) is 1. The lowest BCUT2D eigenvalue weighted by molar-refractivity contribution is -0.149. The maximum absolute atomic E-state index is 12.4. The molecule has 1 amide bonds. The number of para-hydroxylation sites is 1. The van der Waals surface area contributed by atoms with Gasteiger partial charge < -0.3 is 20.5 Å². The van der Waals surface area contributed by atoms with Gasteiger partial charge in [-0.25, -0.2) is 0 Å². The van der Waals surface area contributed by atoms with Crippen molar-refractivity contribution in [3.05, 3.63) is 23.8 Å². The van der Waals surface area contributed by atoms with Crippen LogP contribution < -0.4 is 5.73 Å². The number of nitrogen functional groups attached to an aromatic ring is 1. The van der Waals surface area contributed by atoms with Crippen molar-refractivity contribution < 1.29 is 19.4 Å². The van der Waals surface area contributed by atoms with E-state index < -0.39 is 0 Å². The maximum Gasteiger partial charge on any atom is 0.309 e. The average molecular weight is 292 g/mol. The van der Waals surface area contributed by atoms with Crippen molar-refractivity contribution in [3.8, 4) is 5.75 Å². The number of anilines is 1. The molecule has 0 saturated carbocycles. The quantitative estimate of drug-likeness (QED) is 0.499. The Kier molecular flexibility index (Phi) is 4.67. The van der Waals surface area contributed by atoms with E-state index in [2.05, 4.69) is 0 Å². The first kappa shape index (κ1) is 15.2. The fourth-order valence-corrected chi connectivity index (χ4v) is 2.48. The molecule has 0 unspecified atom stereocenters.